The van der Waals surface area contributed by atoms with Crippen molar-refractivity contribution in [2.75, 3.05) is 0 Å². The second kappa shape index (κ2) is 5.17. The molecule has 76 valence electrons. The first kappa shape index (κ1) is 12.1. The van der Waals surface area contributed by atoms with Gasteiger partial charge in [-0.1, -0.05) is 45.2 Å². The molecule has 0 aliphatic rings. The monoisotopic (exact) mass is 293 g/mol. The molecule has 0 radical (unpaired) electrons. The van der Waals surface area contributed by atoms with E-state index in [1.165, 1.54) is 5.54 Å². The summed E-state index contributed by atoms with van der Waals surface area (Å²) in [4.78, 5) is 0. The minimum absolute atomic E-state index is 0.133. The third-order valence-electron chi connectivity index (χ3n) is 1.85. The van der Waals surface area contributed by atoms with E-state index in [1.807, 2.05) is 25.1 Å². The molecule has 0 fully saturated rings. The molecule has 0 spiro atoms. The molecule has 1 nitrogen and oxygen atoms in total. The highest BCUT2D eigenvalue weighted by Crippen LogP contribution is 2.28. The molecule has 1 rings (SSSR count). The topological polar surface area (TPSA) is 26.0 Å². The average Bonchev–Trinajstić information content (AvgIpc) is 2.09. The molecule has 1 atom stereocenters. The van der Waals surface area contributed by atoms with Crippen molar-refractivity contribution in [3.05, 3.63) is 38.8 Å². The van der Waals surface area contributed by atoms with Gasteiger partial charge < -0.3 is 5.73 Å². The first-order valence-electron chi connectivity index (χ1n) is 4.07. The van der Waals surface area contributed by atoms with Crippen LogP contribution in [-0.4, -0.2) is 6.04 Å². The predicted octanol–water partition coefficient (Wildman–Crippen LogP) is 4.03. The van der Waals surface area contributed by atoms with Gasteiger partial charge in [-0.3, -0.25) is 0 Å². The van der Waals surface area contributed by atoms with Crippen LogP contribution in [0.4, 0.5) is 0 Å². The minimum Gasteiger partial charge on any atom is -0.324 e. The molecule has 0 aromatic heterocycles. The van der Waals surface area contributed by atoms with Gasteiger partial charge in [-0.2, -0.15) is 0 Å². The molecule has 0 aliphatic heterocycles. The van der Waals surface area contributed by atoms with Crippen LogP contribution in [0, 0.1) is 0 Å². The van der Waals surface area contributed by atoms with Gasteiger partial charge >= 0.3 is 0 Å². The Morgan fingerprint density at radius 2 is 2.21 bits per heavy atom. The second-order valence-corrected chi connectivity index (χ2v) is 4.52. The lowest BCUT2D eigenvalue weighted by molar-refractivity contribution is 0.948. The van der Waals surface area contributed by atoms with Gasteiger partial charge in [0.05, 0.1) is 0 Å². The van der Waals surface area contributed by atoms with Gasteiger partial charge in [0.25, 0.3) is 0 Å². The molecule has 1 aromatic carbocycles. The van der Waals surface area contributed by atoms with Crippen molar-refractivity contribution in [3.8, 4) is 0 Å². The Balaban J connectivity index is 3.19. The largest absolute Gasteiger partial charge is 0.324 e. The lowest BCUT2D eigenvalue weighted by atomic mass is 10.0. The SMILES string of the molecule is CC(N)/C(=C/Cl)c1ccc(Br)cc1Cl. The first-order chi connectivity index (χ1) is 6.56. The highest BCUT2D eigenvalue weighted by atomic mass is 79.9. The van der Waals surface area contributed by atoms with Crippen molar-refractivity contribution in [1.29, 1.82) is 0 Å². The maximum atomic E-state index is 6.06. The number of benzene rings is 1. The van der Waals surface area contributed by atoms with Crippen molar-refractivity contribution in [2.24, 2.45) is 5.73 Å². The third-order valence-corrected chi connectivity index (χ3v) is 2.89. The number of halogens is 3. The van der Waals surface area contributed by atoms with E-state index in [9.17, 15) is 0 Å². The van der Waals surface area contributed by atoms with E-state index in [4.69, 9.17) is 28.9 Å². The van der Waals surface area contributed by atoms with Gasteiger partial charge in [0.2, 0.25) is 0 Å². The molecule has 2 N–H and O–H groups in total. The lowest BCUT2D eigenvalue weighted by Gasteiger charge is -2.12. The fourth-order valence-electron chi connectivity index (χ4n) is 1.13. The zero-order valence-electron chi connectivity index (χ0n) is 7.60. The van der Waals surface area contributed by atoms with Crippen LogP contribution < -0.4 is 5.73 Å². The van der Waals surface area contributed by atoms with Gasteiger partial charge in [-0.15, -0.1) is 0 Å². The summed E-state index contributed by atoms with van der Waals surface area (Å²) in [7, 11) is 0. The van der Waals surface area contributed by atoms with E-state index in [1.54, 1.807) is 0 Å². The van der Waals surface area contributed by atoms with Crippen LogP contribution in [0.3, 0.4) is 0 Å². The molecule has 1 unspecified atom stereocenters. The van der Waals surface area contributed by atoms with E-state index in [0.717, 1.165) is 15.6 Å². The van der Waals surface area contributed by atoms with Gasteiger partial charge in [-0.25, -0.2) is 0 Å². The smallest absolute Gasteiger partial charge is 0.0493 e. The molecule has 0 aliphatic carbocycles. The quantitative estimate of drug-likeness (QED) is 0.876. The van der Waals surface area contributed by atoms with E-state index in [0.29, 0.717) is 5.02 Å². The van der Waals surface area contributed by atoms with Gasteiger partial charge in [0, 0.05) is 21.1 Å². The van der Waals surface area contributed by atoms with E-state index >= 15 is 0 Å². The lowest BCUT2D eigenvalue weighted by Crippen LogP contribution is -2.16. The standard InChI is InChI=1S/C10H10BrCl2N/c1-6(14)9(5-12)8-3-2-7(11)4-10(8)13/h2-6H,14H2,1H3/b9-5-. The molecule has 1 aromatic rings. The Labute approximate surface area is 102 Å². The highest BCUT2D eigenvalue weighted by molar-refractivity contribution is 9.10. The minimum atomic E-state index is -0.133. The summed E-state index contributed by atoms with van der Waals surface area (Å²) in [6.07, 6.45) is 0. The van der Waals surface area contributed by atoms with Crippen molar-refractivity contribution in [3.63, 3.8) is 0 Å². The van der Waals surface area contributed by atoms with Crippen LogP contribution in [-0.2, 0) is 0 Å². The fraction of sp³-hybridized carbons (Fsp3) is 0.200. The fourth-order valence-corrected chi connectivity index (χ4v) is 2.23. The summed E-state index contributed by atoms with van der Waals surface area (Å²) in [6, 6.07) is 5.49. The van der Waals surface area contributed by atoms with Gasteiger partial charge in [0.15, 0.2) is 0 Å². The Hall–Kier alpha value is -0.0200. The van der Waals surface area contributed by atoms with Crippen molar-refractivity contribution in [2.45, 2.75) is 13.0 Å². The van der Waals surface area contributed by atoms with Crippen LogP contribution >= 0.6 is 39.1 Å². The zero-order chi connectivity index (χ0) is 10.7. The summed E-state index contributed by atoms with van der Waals surface area (Å²) < 4.78 is 0.935. The van der Waals surface area contributed by atoms with Crippen LogP contribution in [0.5, 0.6) is 0 Å². The number of rotatable bonds is 2. The maximum Gasteiger partial charge on any atom is 0.0493 e. The highest BCUT2D eigenvalue weighted by Gasteiger charge is 2.10. The van der Waals surface area contributed by atoms with Gasteiger partial charge in [-0.05, 0) is 30.2 Å². The third kappa shape index (κ3) is 2.74. The van der Waals surface area contributed by atoms with Crippen molar-refractivity contribution in [1.82, 2.24) is 0 Å². The molecular formula is C10H10BrCl2N. The Morgan fingerprint density at radius 1 is 1.57 bits per heavy atom. The number of hydrogen-bond acceptors (Lipinski definition) is 1. The van der Waals surface area contributed by atoms with Crippen molar-refractivity contribution < 1.29 is 0 Å². The molecule has 0 saturated heterocycles. The Kier molecular flexibility index (Phi) is 4.45. The molecular weight excluding hydrogens is 285 g/mol. The molecule has 4 heteroatoms. The summed E-state index contributed by atoms with van der Waals surface area (Å²) in [5.41, 5.74) is 8.95. The molecule has 14 heavy (non-hydrogen) atoms. The normalized spacial score (nSPS) is 14.2. The van der Waals surface area contributed by atoms with Crippen LogP contribution in [0.1, 0.15) is 12.5 Å². The van der Waals surface area contributed by atoms with Crippen LogP contribution in [0.25, 0.3) is 5.57 Å². The number of nitrogens with two attached hydrogens (primary N) is 1. The summed E-state index contributed by atoms with van der Waals surface area (Å²) >= 11 is 15.1. The van der Waals surface area contributed by atoms with E-state index < -0.39 is 0 Å². The maximum absolute atomic E-state index is 6.06. The molecule has 0 amide bonds. The number of hydrogen-bond donors (Lipinski definition) is 1. The predicted molar refractivity (Wildman–Crippen MR) is 66.6 cm³/mol. The Bertz CT molecular complexity index is 361. The first-order valence-corrected chi connectivity index (χ1v) is 5.68. The summed E-state index contributed by atoms with van der Waals surface area (Å²) in [5, 5.41) is 0.642. The second-order valence-electron chi connectivity index (χ2n) is 2.98. The molecule has 0 saturated carbocycles. The average molecular weight is 295 g/mol. The Morgan fingerprint density at radius 3 is 2.64 bits per heavy atom. The molecule has 0 heterocycles. The van der Waals surface area contributed by atoms with E-state index in [2.05, 4.69) is 15.9 Å². The van der Waals surface area contributed by atoms with E-state index in [-0.39, 0.29) is 6.04 Å². The summed E-state index contributed by atoms with van der Waals surface area (Å²) in [6.45, 7) is 1.87. The van der Waals surface area contributed by atoms with Crippen molar-refractivity contribution >= 4 is 44.7 Å². The summed E-state index contributed by atoms with van der Waals surface area (Å²) in [5.74, 6) is 0. The van der Waals surface area contributed by atoms with Crippen LogP contribution in [0.15, 0.2) is 28.2 Å². The molecule has 0 bridgehead atoms. The van der Waals surface area contributed by atoms with Crippen LogP contribution in [0.2, 0.25) is 5.02 Å². The van der Waals surface area contributed by atoms with Gasteiger partial charge in [0.1, 0.15) is 0 Å². The zero-order valence-corrected chi connectivity index (χ0v) is 10.7.